The lowest BCUT2D eigenvalue weighted by Crippen LogP contribution is -2.12. The van der Waals surface area contributed by atoms with E-state index in [9.17, 15) is 4.79 Å². The number of carbonyl (C=O) groups excluding carboxylic acids is 1. The Labute approximate surface area is 136 Å². The molecule has 2 aromatic heterocycles. The van der Waals surface area contributed by atoms with E-state index in [1.54, 1.807) is 0 Å². The molecule has 5 nitrogen and oxygen atoms in total. The molecular weight excluding hydrogens is 308 g/mol. The second-order valence-electron chi connectivity index (χ2n) is 5.57. The van der Waals surface area contributed by atoms with Gasteiger partial charge in [-0.05, 0) is 43.7 Å². The molecule has 0 radical (unpaired) electrons. The van der Waals surface area contributed by atoms with Gasteiger partial charge < -0.3 is 0 Å². The molecule has 2 N–H and O–H groups in total. The molecule has 1 amide bonds. The minimum atomic E-state index is -0.252. The third-order valence-electron chi connectivity index (χ3n) is 3.70. The molecule has 0 atom stereocenters. The van der Waals surface area contributed by atoms with Crippen LogP contribution in [0.4, 0.5) is 5.13 Å². The van der Waals surface area contributed by atoms with Gasteiger partial charge in [-0.2, -0.15) is 5.10 Å². The summed E-state index contributed by atoms with van der Waals surface area (Å²) in [5.41, 5.74) is 4.38. The Bertz CT molecular complexity index is 1050. The number of thiazole rings is 1. The Morgan fingerprint density at radius 3 is 2.78 bits per heavy atom. The molecular formula is C17H14N4OS. The summed E-state index contributed by atoms with van der Waals surface area (Å²) in [5, 5.41) is 11.3. The molecule has 4 aromatic rings. The normalized spacial score (nSPS) is 11.2. The highest BCUT2D eigenvalue weighted by Gasteiger charge is 2.16. The third kappa shape index (κ3) is 2.47. The number of benzene rings is 2. The van der Waals surface area contributed by atoms with Gasteiger partial charge in [0, 0.05) is 5.39 Å². The maximum Gasteiger partial charge on any atom is 0.278 e. The number of carbonyl (C=O) groups is 1. The molecule has 6 heteroatoms. The molecule has 0 aliphatic heterocycles. The van der Waals surface area contributed by atoms with Crippen LogP contribution in [0.25, 0.3) is 21.1 Å². The van der Waals surface area contributed by atoms with Gasteiger partial charge in [-0.3, -0.25) is 15.2 Å². The molecule has 0 aliphatic rings. The molecule has 4 rings (SSSR count). The van der Waals surface area contributed by atoms with Gasteiger partial charge in [0.15, 0.2) is 10.8 Å². The van der Waals surface area contributed by atoms with Crippen molar-refractivity contribution in [3.63, 3.8) is 0 Å². The van der Waals surface area contributed by atoms with E-state index in [0.29, 0.717) is 10.8 Å². The second-order valence-corrected chi connectivity index (χ2v) is 6.60. The lowest BCUT2D eigenvalue weighted by atomic mass is 10.1. The molecule has 0 spiro atoms. The first-order valence-corrected chi connectivity index (χ1v) is 8.05. The van der Waals surface area contributed by atoms with Crippen molar-refractivity contribution in [1.29, 1.82) is 0 Å². The van der Waals surface area contributed by atoms with Gasteiger partial charge in [-0.1, -0.05) is 29.0 Å². The molecule has 0 bridgehead atoms. The van der Waals surface area contributed by atoms with Gasteiger partial charge in [0.2, 0.25) is 0 Å². The average molecular weight is 322 g/mol. The number of fused-ring (bicyclic) bond motifs is 2. The van der Waals surface area contributed by atoms with E-state index in [2.05, 4.69) is 26.6 Å². The Balaban J connectivity index is 1.69. The first-order valence-electron chi connectivity index (χ1n) is 7.23. The number of aromatic nitrogens is 3. The van der Waals surface area contributed by atoms with E-state index in [0.717, 1.165) is 26.7 Å². The van der Waals surface area contributed by atoms with Crippen LogP contribution in [0.3, 0.4) is 0 Å². The van der Waals surface area contributed by atoms with Crippen molar-refractivity contribution in [1.82, 2.24) is 15.2 Å². The van der Waals surface area contributed by atoms with E-state index in [1.165, 1.54) is 16.9 Å². The van der Waals surface area contributed by atoms with Crippen LogP contribution in [0.2, 0.25) is 0 Å². The number of H-pyrrole nitrogens is 1. The van der Waals surface area contributed by atoms with Gasteiger partial charge in [0.05, 0.1) is 15.7 Å². The van der Waals surface area contributed by atoms with Crippen LogP contribution in [0.5, 0.6) is 0 Å². The van der Waals surface area contributed by atoms with E-state index in [-0.39, 0.29) is 5.91 Å². The highest BCUT2D eigenvalue weighted by atomic mass is 32.1. The predicted molar refractivity (Wildman–Crippen MR) is 93.1 cm³/mol. The van der Waals surface area contributed by atoms with E-state index in [4.69, 9.17) is 0 Å². The van der Waals surface area contributed by atoms with Gasteiger partial charge in [-0.15, -0.1) is 0 Å². The number of nitrogens with zero attached hydrogens (tertiary/aromatic N) is 2. The monoisotopic (exact) mass is 322 g/mol. The Morgan fingerprint density at radius 1 is 1.13 bits per heavy atom. The SMILES string of the molecule is Cc1ccc2nc(NC(=O)c3n[nH]c4ccc(C)cc34)sc2c1. The first kappa shape index (κ1) is 13.9. The predicted octanol–water partition coefficient (Wildman–Crippen LogP) is 4.04. The largest absolute Gasteiger partial charge is 0.296 e. The number of aryl methyl sites for hydroxylation is 2. The van der Waals surface area contributed by atoms with Crippen LogP contribution in [-0.2, 0) is 0 Å². The van der Waals surface area contributed by atoms with Crippen molar-refractivity contribution < 1.29 is 4.79 Å². The maximum absolute atomic E-state index is 12.5. The smallest absolute Gasteiger partial charge is 0.278 e. The topological polar surface area (TPSA) is 70.7 Å². The van der Waals surface area contributed by atoms with Crippen molar-refractivity contribution in [2.24, 2.45) is 0 Å². The summed E-state index contributed by atoms with van der Waals surface area (Å²) in [6.07, 6.45) is 0. The number of amides is 1. The first-order chi connectivity index (χ1) is 11.1. The number of aromatic amines is 1. The Kier molecular flexibility index (Phi) is 3.12. The lowest BCUT2D eigenvalue weighted by molar-refractivity contribution is 0.102. The van der Waals surface area contributed by atoms with Crippen LogP contribution in [0.15, 0.2) is 36.4 Å². The van der Waals surface area contributed by atoms with Crippen LogP contribution >= 0.6 is 11.3 Å². The maximum atomic E-state index is 12.5. The summed E-state index contributed by atoms with van der Waals surface area (Å²) in [4.78, 5) is 17.0. The van der Waals surface area contributed by atoms with Gasteiger partial charge >= 0.3 is 0 Å². The number of rotatable bonds is 2. The van der Waals surface area contributed by atoms with Crippen molar-refractivity contribution in [3.05, 3.63) is 53.2 Å². The lowest BCUT2D eigenvalue weighted by Gasteiger charge is -1.99. The Morgan fingerprint density at radius 2 is 1.91 bits per heavy atom. The van der Waals surface area contributed by atoms with E-state index in [1.807, 2.05) is 44.2 Å². The third-order valence-corrected chi connectivity index (χ3v) is 4.63. The molecule has 2 heterocycles. The fourth-order valence-corrected chi connectivity index (χ4v) is 3.50. The summed E-state index contributed by atoms with van der Waals surface area (Å²) in [6.45, 7) is 4.03. The zero-order valence-electron chi connectivity index (χ0n) is 12.7. The van der Waals surface area contributed by atoms with E-state index >= 15 is 0 Å². The fourth-order valence-electron chi connectivity index (χ4n) is 2.54. The Hall–Kier alpha value is -2.73. The minimum absolute atomic E-state index is 0.252. The second kappa shape index (κ2) is 5.17. The van der Waals surface area contributed by atoms with Crippen molar-refractivity contribution in [3.8, 4) is 0 Å². The zero-order valence-corrected chi connectivity index (χ0v) is 13.5. The number of anilines is 1. The fraction of sp³-hybridized carbons (Fsp3) is 0.118. The van der Waals surface area contributed by atoms with Crippen molar-refractivity contribution >= 4 is 43.5 Å². The van der Waals surface area contributed by atoms with Crippen LogP contribution in [0, 0.1) is 13.8 Å². The van der Waals surface area contributed by atoms with E-state index < -0.39 is 0 Å². The van der Waals surface area contributed by atoms with Crippen LogP contribution in [0.1, 0.15) is 21.6 Å². The average Bonchev–Trinajstić information content (AvgIpc) is 3.09. The highest BCUT2D eigenvalue weighted by Crippen LogP contribution is 2.27. The molecule has 23 heavy (non-hydrogen) atoms. The summed E-state index contributed by atoms with van der Waals surface area (Å²) in [7, 11) is 0. The summed E-state index contributed by atoms with van der Waals surface area (Å²) >= 11 is 1.46. The van der Waals surface area contributed by atoms with Gasteiger partial charge in [0.25, 0.3) is 5.91 Å². The summed E-state index contributed by atoms with van der Waals surface area (Å²) in [6, 6.07) is 11.9. The van der Waals surface area contributed by atoms with Gasteiger partial charge in [0.1, 0.15) is 0 Å². The van der Waals surface area contributed by atoms with Gasteiger partial charge in [-0.25, -0.2) is 4.98 Å². The summed E-state index contributed by atoms with van der Waals surface area (Å²) in [5.74, 6) is -0.252. The molecule has 0 saturated heterocycles. The number of hydrogen-bond acceptors (Lipinski definition) is 4. The highest BCUT2D eigenvalue weighted by molar-refractivity contribution is 7.22. The minimum Gasteiger partial charge on any atom is -0.296 e. The quantitative estimate of drug-likeness (QED) is 0.585. The van der Waals surface area contributed by atoms with Crippen LogP contribution < -0.4 is 5.32 Å². The molecule has 114 valence electrons. The van der Waals surface area contributed by atoms with Crippen LogP contribution in [-0.4, -0.2) is 21.1 Å². The summed E-state index contributed by atoms with van der Waals surface area (Å²) < 4.78 is 1.06. The molecule has 0 saturated carbocycles. The molecule has 2 aromatic carbocycles. The molecule has 0 unspecified atom stereocenters. The molecule has 0 aliphatic carbocycles. The number of hydrogen-bond donors (Lipinski definition) is 2. The number of nitrogens with one attached hydrogen (secondary N) is 2. The van der Waals surface area contributed by atoms with Crippen molar-refractivity contribution in [2.75, 3.05) is 5.32 Å². The molecule has 0 fully saturated rings. The van der Waals surface area contributed by atoms with Crippen molar-refractivity contribution in [2.45, 2.75) is 13.8 Å². The standard InChI is InChI=1S/C17H14N4OS/c1-9-3-5-12-11(7-9)15(21-20-12)16(22)19-17-18-13-6-4-10(2)8-14(13)23-17/h3-8H,1-2H3,(H,20,21)(H,18,19,22). The zero-order chi connectivity index (χ0) is 16.0.